The van der Waals surface area contributed by atoms with Crippen LogP contribution in [0.15, 0.2) is 24.3 Å². The maximum atomic E-state index is 13.8. The molecule has 1 aromatic rings. The third kappa shape index (κ3) is 3.19. The molecule has 1 spiro atoms. The molecule has 1 atom stereocenters. The lowest BCUT2D eigenvalue weighted by Crippen LogP contribution is -2.64. The molecule has 29 heavy (non-hydrogen) atoms. The van der Waals surface area contributed by atoms with Gasteiger partial charge >= 0.3 is 0 Å². The Morgan fingerprint density at radius 1 is 0.897 bits per heavy atom. The predicted octanol–water partition coefficient (Wildman–Crippen LogP) is 4.93. The van der Waals surface area contributed by atoms with Crippen molar-refractivity contribution in [3.8, 4) is 0 Å². The first-order valence-corrected chi connectivity index (χ1v) is 11.9. The summed E-state index contributed by atoms with van der Waals surface area (Å²) in [5.41, 5.74) is 1.42. The first-order chi connectivity index (χ1) is 14.2. The van der Waals surface area contributed by atoms with E-state index in [4.69, 9.17) is 0 Å². The van der Waals surface area contributed by atoms with Crippen LogP contribution in [0.25, 0.3) is 0 Å². The Bertz CT molecular complexity index is 771. The molecule has 0 saturated heterocycles. The van der Waals surface area contributed by atoms with Gasteiger partial charge in [-0.25, -0.2) is 0 Å². The minimum Gasteiger partial charge on any atom is -0.353 e. The third-order valence-electron chi connectivity index (χ3n) is 8.11. The van der Waals surface area contributed by atoms with Crippen molar-refractivity contribution < 1.29 is 9.59 Å². The van der Waals surface area contributed by atoms with E-state index in [1.54, 1.807) is 0 Å². The van der Waals surface area contributed by atoms with Gasteiger partial charge in [-0.3, -0.25) is 9.59 Å². The Morgan fingerprint density at radius 3 is 2.28 bits per heavy atom. The molecule has 1 aromatic carbocycles. The zero-order valence-corrected chi connectivity index (χ0v) is 17.5. The molecule has 0 unspecified atom stereocenters. The molecule has 156 valence electrons. The van der Waals surface area contributed by atoms with Crippen LogP contribution in [-0.2, 0) is 4.79 Å². The Morgan fingerprint density at radius 2 is 1.55 bits per heavy atom. The lowest BCUT2D eigenvalue weighted by atomic mass is 9.69. The number of hydrogen-bond donors (Lipinski definition) is 1. The number of hydrogen-bond acceptors (Lipinski definition) is 2. The van der Waals surface area contributed by atoms with Gasteiger partial charge in [-0.1, -0.05) is 63.1 Å². The van der Waals surface area contributed by atoms with E-state index in [1.807, 2.05) is 24.3 Å². The van der Waals surface area contributed by atoms with Gasteiger partial charge in [-0.2, -0.15) is 0 Å². The van der Waals surface area contributed by atoms with Gasteiger partial charge in [0, 0.05) is 17.6 Å². The second kappa shape index (κ2) is 7.77. The highest BCUT2D eigenvalue weighted by atomic mass is 16.2. The molecule has 3 saturated carbocycles. The van der Waals surface area contributed by atoms with Crippen molar-refractivity contribution in [2.45, 2.75) is 107 Å². The number of amides is 2. The topological polar surface area (TPSA) is 49.4 Å². The third-order valence-corrected chi connectivity index (χ3v) is 8.11. The van der Waals surface area contributed by atoms with Gasteiger partial charge in [0.05, 0.1) is 11.5 Å². The first kappa shape index (κ1) is 19.1. The van der Waals surface area contributed by atoms with Crippen molar-refractivity contribution in [2.24, 2.45) is 0 Å². The van der Waals surface area contributed by atoms with Crippen LogP contribution in [0.5, 0.6) is 0 Å². The minimum atomic E-state index is -0.323. The fraction of sp³-hybridized carbons (Fsp3) is 0.680. The highest BCUT2D eigenvalue weighted by molar-refractivity contribution is 6.02. The molecule has 4 aliphatic rings. The number of nitrogens with one attached hydrogen (secondary N) is 1. The summed E-state index contributed by atoms with van der Waals surface area (Å²) in [6, 6.07) is 8.56. The summed E-state index contributed by atoms with van der Waals surface area (Å²) in [6.45, 7) is 0. The van der Waals surface area contributed by atoms with Gasteiger partial charge in [-0.05, 0) is 50.2 Å². The molecule has 0 aromatic heterocycles. The molecule has 0 radical (unpaired) electrons. The SMILES string of the molecule is O=C(NC1CCCC1)[C@@H]1c2ccccc2C(=O)N(C2CCCCC2)C12CCCC2. The van der Waals surface area contributed by atoms with Crippen LogP contribution in [0.2, 0.25) is 0 Å². The summed E-state index contributed by atoms with van der Waals surface area (Å²) in [7, 11) is 0. The average Bonchev–Trinajstić information content (AvgIpc) is 3.42. The van der Waals surface area contributed by atoms with Crippen molar-refractivity contribution in [3.05, 3.63) is 35.4 Å². The normalized spacial score (nSPS) is 27.4. The molecule has 4 heteroatoms. The van der Waals surface area contributed by atoms with Crippen LogP contribution < -0.4 is 5.32 Å². The van der Waals surface area contributed by atoms with Crippen molar-refractivity contribution >= 4 is 11.8 Å². The summed E-state index contributed by atoms with van der Waals surface area (Å²) in [4.78, 5) is 29.8. The maximum Gasteiger partial charge on any atom is 0.254 e. The standard InChI is InChI=1S/C25H34N2O2/c28-23(26-18-10-4-5-11-18)22-20-14-6-7-15-21(20)24(29)27(19-12-2-1-3-13-19)25(22)16-8-9-17-25/h6-7,14-15,18-19,22H,1-5,8-13,16-17H2,(H,26,28)/t22-/m0/s1. The summed E-state index contributed by atoms with van der Waals surface area (Å²) in [5.74, 6) is 0.125. The van der Waals surface area contributed by atoms with Gasteiger partial charge in [0.1, 0.15) is 0 Å². The number of fused-ring (bicyclic) bond motifs is 1. The molecule has 4 nitrogen and oxygen atoms in total. The molecule has 0 bridgehead atoms. The highest BCUT2D eigenvalue weighted by Crippen LogP contribution is 2.52. The summed E-state index contributed by atoms with van der Waals surface area (Å²) < 4.78 is 0. The van der Waals surface area contributed by atoms with Crippen molar-refractivity contribution in [1.29, 1.82) is 0 Å². The molecule has 2 amide bonds. The van der Waals surface area contributed by atoms with E-state index in [9.17, 15) is 9.59 Å². The van der Waals surface area contributed by atoms with Crippen LogP contribution in [0.1, 0.15) is 105 Å². The summed E-state index contributed by atoms with van der Waals surface area (Å²) in [6.07, 6.45) is 14.6. The van der Waals surface area contributed by atoms with Gasteiger partial charge in [-0.15, -0.1) is 0 Å². The minimum absolute atomic E-state index is 0.166. The largest absolute Gasteiger partial charge is 0.353 e. The average molecular weight is 395 g/mol. The molecule has 1 heterocycles. The summed E-state index contributed by atoms with van der Waals surface area (Å²) in [5, 5.41) is 3.40. The second-order valence-corrected chi connectivity index (χ2v) is 9.79. The van der Waals surface area contributed by atoms with Gasteiger partial charge in [0.2, 0.25) is 5.91 Å². The fourth-order valence-corrected chi connectivity index (χ4v) is 6.83. The van der Waals surface area contributed by atoms with E-state index in [-0.39, 0.29) is 23.3 Å². The van der Waals surface area contributed by atoms with E-state index in [0.717, 1.165) is 62.5 Å². The van der Waals surface area contributed by atoms with Crippen LogP contribution in [0.3, 0.4) is 0 Å². The molecule has 3 aliphatic carbocycles. The molecule has 3 fully saturated rings. The Labute approximate surface area is 174 Å². The Balaban J connectivity index is 1.58. The van der Waals surface area contributed by atoms with Crippen LogP contribution in [-0.4, -0.2) is 34.3 Å². The van der Waals surface area contributed by atoms with Crippen LogP contribution in [0, 0.1) is 0 Å². The lowest BCUT2D eigenvalue weighted by Gasteiger charge is -2.54. The van der Waals surface area contributed by atoms with Gasteiger partial charge < -0.3 is 10.2 Å². The zero-order valence-electron chi connectivity index (χ0n) is 17.5. The predicted molar refractivity (Wildman–Crippen MR) is 114 cm³/mol. The Kier molecular flexibility index (Phi) is 5.13. The number of carbonyl (C=O) groups is 2. The van der Waals surface area contributed by atoms with E-state index in [0.29, 0.717) is 12.1 Å². The van der Waals surface area contributed by atoms with Crippen LogP contribution in [0.4, 0.5) is 0 Å². The molecular formula is C25H34N2O2. The van der Waals surface area contributed by atoms with Crippen molar-refractivity contribution in [2.75, 3.05) is 0 Å². The number of nitrogens with zero attached hydrogens (tertiary/aromatic N) is 1. The van der Waals surface area contributed by atoms with E-state index in [1.165, 1.54) is 32.1 Å². The summed E-state index contributed by atoms with van der Waals surface area (Å²) >= 11 is 0. The maximum absolute atomic E-state index is 13.8. The number of rotatable bonds is 3. The highest BCUT2D eigenvalue weighted by Gasteiger charge is 2.57. The number of benzene rings is 1. The quantitative estimate of drug-likeness (QED) is 0.790. The smallest absolute Gasteiger partial charge is 0.254 e. The second-order valence-electron chi connectivity index (χ2n) is 9.79. The Hall–Kier alpha value is -1.84. The van der Waals surface area contributed by atoms with Crippen molar-refractivity contribution in [3.63, 3.8) is 0 Å². The molecule has 1 N–H and O–H groups in total. The molecular weight excluding hydrogens is 360 g/mol. The molecule has 5 rings (SSSR count). The van der Waals surface area contributed by atoms with Crippen LogP contribution >= 0.6 is 0 Å². The van der Waals surface area contributed by atoms with Crippen molar-refractivity contribution in [1.82, 2.24) is 10.2 Å². The monoisotopic (exact) mass is 394 g/mol. The van der Waals surface area contributed by atoms with E-state index < -0.39 is 0 Å². The lowest BCUT2D eigenvalue weighted by molar-refractivity contribution is -0.127. The van der Waals surface area contributed by atoms with Gasteiger partial charge in [0.25, 0.3) is 5.91 Å². The number of carbonyl (C=O) groups excluding carboxylic acids is 2. The van der Waals surface area contributed by atoms with Gasteiger partial charge in [0.15, 0.2) is 0 Å². The fourth-order valence-electron chi connectivity index (χ4n) is 6.83. The van der Waals surface area contributed by atoms with E-state index in [2.05, 4.69) is 10.2 Å². The zero-order chi connectivity index (χ0) is 19.8. The first-order valence-electron chi connectivity index (χ1n) is 11.9. The molecule has 1 aliphatic heterocycles. The van der Waals surface area contributed by atoms with E-state index >= 15 is 0 Å².